The molecule has 0 aromatic heterocycles. The van der Waals surface area contributed by atoms with E-state index < -0.39 is 10.0 Å². The second-order valence-electron chi connectivity index (χ2n) is 6.51. The summed E-state index contributed by atoms with van der Waals surface area (Å²) in [4.78, 5) is 12.5. The fourth-order valence-electron chi connectivity index (χ4n) is 3.01. The Morgan fingerprint density at radius 1 is 1.08 bits per heavy atom. The molecule has 1 saturated heterocycles. The molecule has 0 aliphatic carbocycles. The molecule has 0 radical (unpaired) electrons. The van der Waals surface area contributed by atoms with Crippen LogP contribution in [-0.4, -0.2) is 26.6 Å². The van der Waals surface area contributed by atoms with E-state index in [4.69, 9.17) is 11.6 Å². The maximum atomic E-state index is 12.5. The van der Waals surface area contributed by atoms with Crippen LogP contribution >= 0.6 is 11.6 Å². The zero-order chi connectivity index (χ0) is 18.9. The van der Waals surface area contributed by atoms with Crippen molar-refractivity contribution in [2.24, 2.45) is 0 Å². The van der Waals surface area contributed by atoms with Crippen LogP contribution in [0.15, 0.2) is 36.4 Å². The predicted molar refractivity (Wildman–Crippen MR) is 106 cm³/mol. The molecule has 2 aromatic rings. The van der Waals surface area contributed by atoms with Crippen molar-refractivity contribution < 1.29 is 13.2 Å². The third kappa shape index (κ3) is 3.86. The van der Waals surface area contributed by atoms with Gasteiger partial charge in [0.15, 0.2) is 0 Å². The standard InChI is InChI=1S/C19H21ClN2O3S/c1-13-5-7-16(12-17(13)20)21-19(23)15-6-8-18(14(2)11-15)22-9-3-4-10-26(22,24)25/h5-8,11-12H,3-4,9-10H2,1-2H3,(H,21,23). The maximum Gasteiger partial charge on any atom is 0.255 e. The van der Waals surface area contributed by atoms with Gasteiger partial charge in [0.25, 0.3) is 5.91 Å². The van der Waals surface area contributed by atoms with E-state index in [0.29, 0.717) is 34.9 Å². The molecule has 1 heterocycles. The molecule has 5 nitrogen and oxygen atoms in total. The largest absolute Gasteiger partial charge is 0.322 e. The van der Waals surface area contributed by atoms with Gasteiger partial charge in [0, 0.05) is 22.8 Å². The first kappa shape index (κ1) is 18.7. The van der Waals surface area contributed by atoms with Crippen molar-refractivity contribution in [3.8, 4) is 0 Å². The number of hydrogen-bond acceptors (Lipinski definition) is 3. The van der Waals surface area contributed by atoms with Crippen molar-refractivity contribution in [3.05, 3.63) is 58.1 Å². The van der Waals surface area contributed by atoms with Crippen molar-refractivity contribution in [3.63, 3.8) is 0 Å². The molecule has 138 valence electrons. The van der Waals surface area contributed by atoms with Gasteiger partial charge in [-0.2, -0.15) is 0 Å². The Kier molecular flexibility index (Phi) is 5.25. The van der Waals surface area contributed by atoms with E-state index in [1.165, 1.54) is 4.31 Å². The van der Waals surface area contributed by atoms with Crippen molar-refractivity contribution in [2.45, 2.75) is 26.7 Å². The number of benzene rings is 2. The van der Waals surface area contributed by atoms with E-state index in [1.54, 1.807) is 30.3 Å². The van der Waals surface area contributed by atoms with Gasteiger partial charge >= 0.3 is 0 Å². The molecule has 1 aliphatic heterocycles. The van der Waals surface area contributed by atoms with Crippen LogP contribution in [-0.2, 0) is 10.0 Å². The fourth-order valence-corrected chi connectivity index (χ4v) is 4.89. The molecule has 0 atom stereocenters. The molecule has 3 rings (SSSR count). The molecular formula is C19H21ClN2O3S. The van der Waals surface area contributed by atoms with Crippen LogP contribution < -0.4 is 9.62 Å². The van der Waals surface area contributed by atoms with Gasteiger partial charge in [-0.15, -0.1) is 0 Å². The van der Waals surface area contributed by atoms with Gasteiger partial charge in [-0.1, -0.05) is 17.7 Å². The minimum absolute atomic E-state index is 0.170. The molecule has 26 heavy (non-hydrogen) atoms. The number of anilines is 2. The highest BCUT2D eigenvalue weighted by molar-refractivity contribution is 7.92. The number of nitrogens with zero attached hydrogens (tertiary/aromatic N) is 1. The number of aryl methyl sites for hydroxylation is 2. The lowest BCUT2D eigenvalue weighted by atomic mass is 10.1. The van der Waals surface area contributed by atoms with E-state index in [9.17, 15) is 13.2 Å². The number of carbonyl (C=O) groups is 1. The van der Waals surface area contributed by atoms with Crippen LogP contribution in [0.3, 0.4) is 0 Å². The summed E-state index contributed by atoms with van der Waals surface area (Å²) in [6, 6.07) is 10.4. The first-order chi connectivity index (χ1) is 12.3. The number of rotatable bonds is 3. The van der Waals surface area contributed by atoms with Crippen molar-refractivity contribution in [1.82, 2.24) is 0 Å². The number of halogens is 1. The highest BCUT2D eigenvalue weighted by Crippen LogP contribution is 2.28. The molecule has 1 aliphatic rings. The molecule has 0 unspecified atom stereocenters. The predicted octanol–water partition coefficient (Wildman–Crippen LogP) is 4.14. The Labute approximate surface area is 159 Å². The number of carbonyl (C=O) groups excluding carboxylic acids is 1. The van der Waals surface area contributed by atoms with Crippen molar-refractivity contribution >= 4 is 38.9 Å². The van der Waals surface area contributed by atoms with Crippen LogP contribution in [0.1, 0.15) is 34.3 Å². The summed E-state index contributed by atoms with van der Waals surface area (Å²) in [6.07, 6.45) is 1.53. The van der Waals surface area contributed by atoms with Crippen LogP contribution in [0.5, 0.6) is 0 Å². The fraction of sp³-hybridized carbons (Fsp3) is 0.316. The normalized spacial score (nSPS) is 16.3. The molecule has 1 fully saturated rings. The highest BCUT2D eigenvalue weighted by Gasteiger charge is 2.27. The zero-order valence-electron chi connectivity index (χ0n) is 14.8. The minimum atomic E-state index is -3.27. The number of sulfonamides is 1. The second kappa shape index (κ2) is 7.29. The first-order valence-electron chi connectivity index (χ1n) is 8.46. The Morgan fingerprint density at radius 3 is 2.50 bits per heavy atom. The lowest BCUT2D eigenvalue weighted by molar-refractivity contribution is 0.102. The second-order valence-corrected chi connectivity index (χ2v) is 8.93. The third-order valence-corrected chi connectivity index (χ3v) is 6.77. The van der Waals surface area contributed by atoms with Gasteiger partial charge < -0.3 is 5.32 Å². The molecule has 1 N–H and O–H groups in total. The summed E-state index contributed by atoms with van der Waals surface area (Å²) in [5.74, 6) is -0.0934. The van der Waals surface area contributed by atoms with Gasteiger partial charge in [0.1, 0.15) is 0 Å². The van der Waals surface area contributed by atoms with Gasteiger partial charge in [-0.3, -0.25) is 9.10 Å². The third-order valence-electron chi connectivity index (χ3n) is 4.51. The summed E-state index contributed by atoms with van der Waals surface area (Å²) < 4.78 is 26.0. The minimum Gasteiger partial charge on any atom is -0.322 e. The number of hydrogen-bond donors (Lipinski definition) is 1. The molecular weight excluding hydrogens is 372 g/mol. The highest BCUT2D eigenvalue weighted by atomic mass is 35.5. The monoisotopic (exact) mass is 392 g/mol. The van der Waals surface area contributed by atoms with E-state index in [1.807, 2.05) is 19.9 Å². The lowest BCUT2D eigenvalue weighted by Crippen LogP contribution is -2.38. The van der Waals surface area contributed by atoms with Crippen molar-refractivity contribution in [1.29, 1.82) is 0 Å². The Morgan fingerprint density at radius 2 is 1.85 bits per heavy atom. The maximum absolute atomic E-state index is 12.5. The number of amides is 1. The van der Waals surface area contributed by atoms with Gasteiger partial charge in [0.05, 0.1) is 11.4 Å². The van der Waals surface area contributed by atoms with E-state index in [2.05, 4.69) is 5.32 Å². The van der Waals surface area contributed by atoms with E-state index in [0.717, 1.165) is 17.5 Å². The first-order valence-corrected chi connectivity index (χ1v) is 10.5. The summed E-state index contributed by atoms with van der Waals surface area (Å²) in [5.41, 5.74) is 3.42. The van der Waals surface area contributed by atoms with Crippen LogP contribution in [0.4, 0.5) is 11.4 Å². The van der Waals surface area contributed by atoms with Gasteiger partial charge in [0.2, 0.25) is 10.0 Å². The van der Waals surface area contributed by atoms with E-state index >= 15 is 0 Å². The molecule has 0 bridgehead atoms. The molecule has 0 saturated carbocycles. The van der Waals surface area contributed by atoms with Gasteiger partial charge in [-0.05, 0) is 68.1 Å². The Hall–Kier alpha value is -2.05. The molecule has 7 heteroatoms. The van der Waals surface area contributed by atoms with Crippen LogP contribution in [0.25, 0.3) is 0 Å². The summed E-state index contributed by atoms with van der Waals surface area (Å²) in [5, 5.41) is 3.40. The molecule has 0 spiro atoms. The average molecular weight is 393 g/mol. The summed E-state index contributed by atoms with van der Waals surface area (Å²) in [7, 11) is -3.27. The number of nitrogens with one attached hydrogen (secondary N) is 1. The van der Waals surface area contributed by atoms with E-state index in [-0.39, 0.29) is 11.7 Å². The SMILES string of the molecule is Cc1ccc(NC(=O)c2ccc(N3CCCCS3(=O)=O)c(C)c2)cc1Cl. The molecule has 2 aromatic carbocycles. The van der Waals surface area contributed by atoms with Crippen molar-refractivity contribution in [2.75, 3.05) is 21.9 Å². The van der Waals surface area contributed by atoms with Gasteiger partial charge in [-0.25, -0.2) is 8.42 Å². The smallest absolute Gasteiger partial charge is 0.255 e. The Bertz CT molecular complexity index is 957. The summed E-state index contributed by atoms with van der Waals surface area (Å²) in [6.45, 7) is 4.19. The summed E-state index contributed by atoms with van der Waals surface area (Å²) >= 11 is 6.09. The Balaban J connectivity index is 1.82. The lowest BCUT2D eigenvalue weighted by Gasteiger charge is -2.29. The zero-order valence-corrected chi connectivity index (χ0v) is 16.3. The quantitative estimate of drug-likeness (QED) is 0.853. The van der Waals surface area contributed by atoms with Crippen LogP contribution in [0, 0.1) is 13.8 Å². The van der Waals surface area contributed by atoms with Crippen LogP contribution in [0.2, 0.25) is 5.02 Å². The average Bonchev–Trinajstić information content (AvgIpc) is 2.58. The topological polar surface area (TPSA) is 66.5 Å². The molecule has 1 amide bonds.